The molecule has 6 heteroatoms. The Kier molecular flexibility index (Phi) is 6.53. The first-order valence-electron chi connectivity index (χ1n) is 6.09. The Labute approximate surface area is 117 Å². The van der Waals surface area contributed by atoms with E-state index in [0.717, 1.165) is 10.6 Å². The van der Waals surface area contributed by atoms with Crippen molar-refractivity contribution in [3.63, 3.8) is 0 Å². The van der Waals surface area contributed by atoms with Gasteiger partial charge in [0.25, 0.3) is 5.91 Å². The zero-order valence-electron chi connectivity index (χ0n) is 11.1. The first-order valence-corrected chi connectivity index (χ1v) is 6.09. The van der Waals surface area contributed by atoms with Crippen LogP contribution in [0.5, 0.6) is 0 Å². The number of hydrogen-bond donors (Lipinski definition) is 1. The van der Waals surface area contributed by atoms with Gasteiger partial charge in [0.05, 0.1) is 13.2 Å². The van der Waals surface area contributed by atoms with Crippen molar-refractivity contribution < 1.29 is 19.1 Å². The summed E-state index contributed by atoms with van der Waals surface area (Å²) in [5.74, 6) is -0.519. The lowest BCUT2D eigenvalue weighted by Gasteiger charge is -2.18. The SMILES string of the molecule is CCOC(=O)NN(CC=O)C(=O)C=Cc1ccccc1. The Morgan fingerprint density at radius 3 is 2.60 bits per heavy atom. The summed E-state index contributed by atoms with van der Waals surface area (Å²) in [4.78, 5) is 33.6. The molecule has 0 aliphatic rings. The molecule has 106 valence electrons. The molecular formula is C14H16N2O4. The summed E-state index contributed by atoms with van der Waals surface area (Å²) < 4.78 is 4.65. The second kappa shape index (κ2) is 8.47. The van der Waals surface area contributed by atoms with Crippen LogP contribution in [0.15, 0.2) is 36.4 Å². The van der Waals surface area contributed by atoms with E-state index in [1.165, 1.54) is 6.08 Å². The monoisotopic (exact) mass is 276 g/mol. The number of hydrogen-bond acceptors (Lipinski definition) is 4. The molecule has 1 aromatic rings. The minimum absolute atomic E-state index is 0.175. The number of nitrogens with one attached hydrogen (secondary N) is 1. The van der Waals surface area contributed by atoms with Crippen molar-refractivity contribution in [3.05, 3.63) is 42.0 Å². The molecule has 0 atom stereocenters. The summed E-state index contributed by atoms with van der Waals surface area (Å²) in [7, 11) is 0. The van der Waals surface area contributed by atoms with E-state index in [2.05, 4.69) is 10.2 Å². The number of rotatable bonds is 5. The molecular weight excluding hydrogens is 260 g/mol. The molecule has 0 saturated heterocycles. The van der Waals surface area contributed by atoms with Gasteiger partial charge in [-0.2, -0.15) is 0 Å². The van der Waals surface area contributed by atoms with E-state index < -0.39 is 12.0 Å². The fraction of sp³-hybridized carbons (Fsp3) is 0.214. The van der Waals surface area contributed by atoms with Crippen LogP contribution in [-0.2, 0) is 14.3 Å². The van der Waals surface area contributed by atoms with E-state index in [0.29, 0.717) is 6.29 Å². The summed E-state index contributed by atoms with van der Waals surface area (Å²) in [5, 5.41) is 0.879. The van der Waals surface area contributed by atoms with E-state index >= 15 is 0 Å². The molecule has 0 bridgehead atoms. The van der Waals surface area contributed by atoms with Crippen LogP contribution >= 0.6 is 0 Å². The van der Waals surface area contributed by atoms with Crippen LogP contribution in [0.2, 0.25) is 0 Å². The maximum atomic E-state index is 11.9. The van der Waals surface area contributed by atoms with Crippen LogP contribution in [0.3, 0.4) is 0 Å². The third kappa shape index (κ3) is 5.34. The fourth-order valence-corrected chi connectivity index (χ4v) is 1.36. The van der Waals surface area contributed by atoms with Crippen molar-refractivity contribution in [1.82, 2.24) is 10.4 Å². The predicted octanol–water partition coefficient (Wildman–Crippen LogP) is 1.39. The predicted molar refractivity (Wildman–Crippen MR) is 73.4 cm³/mol. The lowest BCUT2D eigenvalue weighted by molar-refractivity contribution is -0.131. The molecule has 0 radical (unpaired) electrons. The van der Waals surface area contributed by atoms with Gasteiger partial charge in [-0.3, -0.25) is 4.79 Å². The molecule has 20 heavy (non-hydrogen) atoms. The molecule has 0 spiro atoms. The fourth-order valence-electron chi connectivity index (χ4n) is 1.36. The summed E-state index contributed by atoms with van der Waals surface area (Å²) in [6, 6.07) is 9.19. The standard InChI is InChI=1S/C14H16N2O4/c1-2-20-14(19)15-16(10-11-17)13(18)9-8-12-6-4-3-5-7-12/h3-9,11H,2,10H2,1H3,(H,15,19). The van der Waals surface area contributed by atoms with Gasteiger partial charge in [-0.05, 0) is 18.6 Å². The van der Waals surface area contributed by atoms with Crippen LogP contribution in [0.25, 0.3) is 6.08 Å². The van der Waals surface area contributed by atoms with Gasteiger partial charge in [-0.1, -0.05) is 30.3 Å². The highest BCUT2D eigenvalue weighted by molar-refractivity contribution is 5.93. The van der Waals surface area contributed by atoms with Crippen molar-refractivity contribution in [3.8, 4) is 0 Å². The van der Waals surface area contributed by atoms with Crippen LogP contribution in [-0.4, -0.2) is 36.4 Å². The molecule has 0 fully saturated rings. The van der Waals surface area contributed by atoms with Crippen LogP contribution < -0.4 is 5.43 Å². The molecule has 0 aromatic heterocycles. The number of carbonyl (C=O) groups excluding carboxylic acids is 3. The third-order valence-electron chi connectivity index (χ3n) is 2.24. The lowest BCUT2D eigenvalue weighted by Crippen LogP contribution is -2.46. The summed E-state index contributed by atoms with van der Waals surface area (Å²) in [6.45, 7) is 1.56. The van der Waals surface area contributed by atoms with Crippen molar-refractivity contribution in [2.45, 2.75) is 6.92 Å². The first-order chi connectivity index (χ1) is 9.67. The number of carbonyl (C=O) groups is 3. The van der Waals surface area contributed by atoms with Gasteiger partial charge in [0.15, 0.2) is 0 Å². The molecule has 1 N–H and O–H groups in total. The average Bonchev–Trinajstić information content (AvgIpc) is 2.45. The molecule has 1 rings (SSSR count). The highest BCUT2D eigenvalue weighted by Crippen LogP contribution is 2.01. The molecule has 6 nitrogen and oxygen atoms in total. The highest BCUT2D eigenvalue weighted by atomic mass is 16.6. The summed E-state index contributed by atoms with van der Waals surface area (Å²) in [6.07, 6.45) is 2.59. The van der Waals surface area contributed by atoms with Crippen LogP contribution in [0.1, 0.15) is 12.5 Å². The minimum Gasteiger partial charge on any atom is -0.449 e. The van der Waals surface area contributed by atoms with Gasteiger partial charge in [-0.25, -0.2) is 15.2 Å². The van der Waals surface area contributed by atoms with Crippen molar-refractivity contribution in [1.29, 1.82) is 0 Å². The second-order valence-corrected chi connectivity index (χ2v) is 3.69. The van der Waals surface area contributed by atoms with E-state index in [1.54, 1.807) is 13.0 Å². The number of aldehydes is 1. The van der Waals surface area contributed by atoms with Gasteiger partial charge in [0.2, 0.25) is 0 Å². The largest absolute Gasteiger partial charge is 0.449 e. The van der Waals surface area contributed by atoms with Gasteiger partial charge < -0.3 is 9.53 Å². The molecule has 0 aliphatic heterocycles. The minimum atomic E-state index is -0.782. The normalized spacial score (nSPS) is 10.1. The van der Waals surface area contributed by atoms with Crippen molar-refractivity contribution in [2.75, 3.05) is 13.2 Å². The van der Waals surface area contributed by atoms with Gasteiger partial charge in [0, 0.05) is 6.08 Å². The molecule has 0 heterocycles. The second-order valence-electron chi connectivity index (χ2n) is 3.69. The Morgan fingerprint density at radius 2 is 2.00 bits per heavy atom. The maximum Gasteiger partial charge on any atom is 0.426 e. The number of benzene rings is 1. The van der Waals surface area contributed by atoms with Gasteiger partial charge in [-0.15, -0.1) is 0 Å². The quantitative estimate of drug-likeness (QED) is 0.501. The van der Waals surface area contributed by atoms with E-state index in [9.17, 15) is 14.4 Å². The number of hydrazine groups is 1. The van der Waals surface area contributed by atoms with Crippen LogP contribution in [0, 0.1) is 0 Å². The summed E-state index contributed by atoms with van der Waals surface area (Å²) >= 11 is 0. The summed E-state index contributed by atoms with van der Waals surface area (Å²) in [5.41, 5.74) is 3.03. The van der Waals surface area contributed by atoms with E-state index in [-0.39, 0.29) is 13.2 Å². The number of amides is 2. The van der Waals surface area contributed by atoms with E-state index in [1.807, 2.05) is 30.3 Å². The Balaban J connectivity index is 2.66. The number of ether oxygens (including phenoxy) is 1. The lowest BCUT2D eigenvalue weighted by atomic mass is 10.2. The van der Waals surface area contributed by atoms with Crippen molar-refractivity contribution >= 4 is 24.4 Å². The zero-order chi connectivity index (χ0) is 14.8. The van der Waals surface area contributed by atoms with Gasteiger partial charge in [0.1, 0.15) is 6.29 Å². The molecule has 1 aromatic carbocycles. The Hall–Kier alpha value is -2.63. The highest BCUT2D eigenvalue weighted by Gasteiger charge is 2.13. The van der Waals surface area contributed by atoms with Gasteiger partial charge >= 0.3 is 6.09 Å². The zero-order valence-corrected chi connectivity index (χ0v) is 11.1. The third-order valence-corrected chi connectivity index (χ3v) is 2.24. The molecule has 2 amide bonds. The maximum absolute atomic E-state index is 11.9. The topological polar surface area (TPSA) is 75.7 Å². The molecule has 0 aliphatic carbocycles. The Morgan fingerprint density at radius 1 is 1.30 bits per heavy atom. The van der Waals surface area contributed by atoms with Crippen molar-refractivity contribution in [2.24, 2.45) is 0 Å². The first kappa shape index (κ1) is 15.4. The molecule has 0 unspecified atom stereocenters. The number of nitrogens with zero attached hydrogens (tertiary/aromatic N) is 1. The molecule has 0 saturated carbocycles. The van der Waals surface area contributed by atoms with Crippen LogP contribution in [0.4, 0.5) is 4.79 Å². The smallest absolute Gasteiger partial charge is 0.426 e. The average molecular weight is 276 g/mol. The van der Waals surface area contributed by atoms with E-state index in [4.69, 9.17) is 0 Å². The Bertz CT molecular complexity index is 485.